The molecule has 1 N–H and O–H groups in total. The summed E-state index contributed by atoms with van der Waals surface area (Å²) in [6.07, 6.45) is 0.189. The molecule has 0 fully saturated rings. The van der Waals surface area contributed by atoms with Crippen LogP contribution in [-0.4, -0.2) is 30.3 Å². The highest BCUT2D eigenvalue weighted by Gasteiger charge is 2.17. The first-order valence-corrected chi connectivity index (χ1v) is 10.0. The van der Waals surface area contributed by atoms with Crippen molar-refractivity contribution in [2.24, 2.45) is 0 Å². The molecule has 0 saturated carbocycles. The predicted octanol–water partition coefficient (Wildman–Crippen LogP) is 4.66. The predicted molar refractivity (Wildman–Crippen MR) is 115 cm³/mol. The normalized spacial score (nSPS) is 10.6. The summed E-state index contributed by atoms with van der Waals surface area (Å²) in [7, 11) is 3.14. The van der Waals surface area contributed by atoms with Crippen molar-refractivity contribution in [2.75, 3.05) is 19.5 Å². The number of aromatic nitrogens is 2. The molecule has 0 aliphatic heterocycles. The molecule has 1 amide bonds. The minimum atomic E-state index is -0.162. The maximum atomic E-state index is 12.6. The maximum Gasteiger partial charge on any atom is 0.270 e. The fourth-order valence-electron chi connectivity index (χ4n) is 2.96. The monoisotopic (exact) mass is 421 g/mol. The van der Waals surface area contributed by atoms with Gasteiger partial charge in [0.05, 0.1) is 26.3 Å². The van der Waals surface area contributed by atoms with Gasteiger partial charge in [0.15, 0.2) is 11.5 Å². The van der Waals surface area contributed by atoms with Crippen LogP contribution in [0, 0.1) is 0 Å². The number of nitrogens with zero attached hydrogens (tertiary/aromatic N) is 2. The minimum absolute atomic E-state index is 0.162. The van der Waals surface area contributed by atoms with Crippen LogP contribution in [0.5, 0.6) is 11.5 Å². The lowest BCUT2D eigenvalue weighted by Gasteiger charge is -2.10. The Kier molecular flexibility index (Phi) is 5.76. The SMILES string of the molecule is COc1ccc(CC(=O)Nc2ccsc2-c2nc(-c3ccccc3)no2)cc1OC. The van der Waals surface area contributed by atoms with Crippen LogP contribution in [-0.2, 0) is 11.2 Å². The molecule has 0 aliphatic carbocycles. The first-order valence-electron chi connectivity index (χ1n) is 9.15. The van der Waals surface area contributed by atoms with E-state index >= 15 is 0 Å². The van der Waals surface area contributed by atoms with Crippen molar-refractivity contribution >= 4 is 22.9 Å². The molecular formula is C22H19N3O4S. The van der Waals surface area contributed by atoms with Gasteiger partial charge in [0.2, 0.25) is 11.7 Å². The summed E-state index contributed by atoms with van der Waals surface area (Å²) in [5.74, 6) is 1.90. The molecule has 8 heteroatoms. The summed E-state index contributed by atoms with van der Waals surface area (Å²) in [4.78, 5) is 17.8. The Bertz CT molecular complexity index is 1150. The Hall–Kier alpha value is -3.65. The van der Waals surface area contributed by atoms with Gasteiger partial charge in [-0.25, -0.2) is 0 Å². The van der Waals surface area contributed by atoms with Gasteiger partial charge in [-0.1, -0.05) is 41.6 Å². The average molecular weight is 421 g/mol. The molecule has 0 unspecified atom stereocenters. The van der Waals surface area contributed by atoms with Gasteiger partial charge in [-0.05, 0) is 29.1 Å². The summed E-state index contributed by atoms with van der Waals surface area (Å²) in [5.41, 5.74) is 2.31. The van der Waals surface area contributed by atoms with Crippen LogP contribution < -0.4 is 14.8 Å². The van der Waals surface area contributed by atoms with E-state index < -0.39 is 0 Å². The number of hydrogen-bond acceptors (Lipinski definition) is 7. The molecule has 0 radical (unpaired) electrons. The summed E-state index contributed by atoms with van der Waals surface area (Å²) in [5, 5.41) is 8.84. The van der Waals surface area contributed by atoms with Gasteiger partial charge in [0.1, 0.15) is 4.88 Å². The van der Waals surface area contributed by atoms with Gasteiger partial charge >= 0.3 is 0 Å². The maximum absolute atomic E-state index is 12.6. The second kappa shape index (κ2) is 8.79. The van der Waals surface area contributed by atoms with E-state index in [0.717, 1.165) is 11.1 Å². The van der Waals surface area contributed by atoms with Crippen molar-refractivity contribution in [1.29, 1.82) is 0 Å². The zero-order chi connectivity index (χ0) is 20.9. The second-order valence-corrected chi connectivity index (χ2v) is 7.28. The molecule has 0 bridgehead atoms. The van der Waals surface area contributed by atoms with Crippen molar-refractivity contribution in [3.8, 4) is 33.7 Å². The van der Waals surface area contributed by atoms with Crippen LogP contribution in [0.2, 0.25) is 0 Å². The van der Waals surface area contributed by atoms with Crippen molar-refractivity contribution in [2.45, 2.75) is 6.42 Å². The Balaban J connectivity index is 1.49. The van der Waals surface area contributed by atoms with Crippen molar-refractivity contribution in [3.63, 3.8) is 0 Å². The first kappa shape index (κ1) is 19.7. The fourth-order valence-corrected chi connectivity index (χ4v) is 3.73. The second-order valence-electron chi connectivity index (χ2n) is 6.37. The Morgan fingerprint density at radius 1 is 1.07 bits per heavy atom. The summed E-state index contributed by atoms with van der Waals surface area (Å²) in [6.45, 7) is 0. The number of amides is 1. The van der Waals surface area contributed by atoms with E-state index in [9.17, 15) is 4.79 Å². The lowest BCUT2D eigenvalue weighted by molar-refractivity contribution is -0.115. The molecule has 2 aromatic carbocycles. The zero-order valence-electron chi connectivity index (χ0n) is 16.4. The number of carbonyl (C=O) groups excluding carboxylic acids is 1. The van der Waals surface area contributed by atoms with Gasteiger partial charge in [-0.15, -0.1) is 11.3 Å². The van der Waals surface area contributed by atoms with Crippen LogP contribution in [0.25, 0.3) is 22.2 Å². The Labute approximate surface area is 177 Å². The molecule has 4 aromatic rings. The highest BCUT2D eigenvalue weighted by atomic mass is 32.1. The van der Waals surface area contributed by atoms with Gasteiger partial charge in [-0.2, -0.15) is 4.98 Å². The van der Waals surface area contributed by atoms with Crippen LogP contribution in [0.1, 0.15) is 5.56 Å². The largest absolute Gasteiger partial charge is 0.493 e. The number of carbonyl (C=O) groups is 1. The van der Waals surface area contributed by atoms with E-state index in [1.165, 1.54) is 11.3 Å². The summed E-state index contributed by atoms with van der Waals surface area (Å²) < 4.78 is 16.0. The van der Waals surface area contributed by atoms with Crippen LogP contribution in [0.4, 0.5) is 5.69 Å². The lowest BCUT2D eigenvalue weighted by Crippen LogP contribution is -2.14. The number of nitrogens with one attached hydrogen (secondary N) is 1. The molecule has 0 atom stereocenters. The number of anilines is 1. The van der Waals surface area contributed by atoms with Gasteiger partial charge in [0, 0.05) is 5.56 Å². The third kappa shape index (κ3) is 4.18. The number of benzene rings is 2. The van der Waals surface area contributed by atoms with Gasteiger partial charge in [-0.3, -0.25) is 4.79 Å². The van der Waals surface area contributed by atoms with E-state index in [0.29, 0.717) is 33.8 Å². The quantitative estimate of drug-likeness (QED) is 0.467. The molecule has 0 aliphatic rings. The molecule has 0 spiro atoms. The number of methoxy groups -OCH3 is 2. The van der Waals surface area contributed by atoms with E-state index in [1.54, 1.807) is 26.4 Å². The molecule has 30 heavy (non-hydrogen) atoms. The van der Waals surface area contributed by atoms with Crippen LogP contribution in [0.3, 0.4) is 0 Å². The first-order chi connectivity index (χ1) is 14.7. The van der Waals surface area contributed by atoms with E-state index in [2.05, 4.69) is 15.5 Å². The average Bonchev–Trinajstić information content (AvgIpc) is 3.43. The lowest BCUT2D eigenvalue weighted by atomic mass is 10.1. The molecule has 0 saturated heterocycles. The van der Waals surface area contributed by atoms with E-state index in [4.69, 9.17) is 14.0 Å². The van der Waals surface area contributed by atoms with Crippen molar-refractivity contribution in [3.05, 3.63) is 65.5 Å². The van der Waals surface area contributed by atoms with Gasteiger partial charge < -0.3 is 19.3 Å². The number of hydrogen-bond donors (Lipinski definition) is 1. The standard InChI is InChI=1S/C22H19N3O4S/c1-27-17-9-8-14(12-18(17)28-2)13-19(26)23-16-10-11-30-20(16)22-24-21(25-29-22)15-6-4-3-5-7-15/h3-12H,13H2,1-2H3,(H,23,26). The smallest absolute Gasteiger partial charge is 0.270 e. The highest BCUT2D eigenvalue weighted by molar-refractivity contribution is 7.14. The van der Waals surface area contributed by atoms with E-state index in [1.807, 2.05) is 47.8 Å². The fraction of sp³-hybridized carbons (Fsp3) is 0.136. The summed E-state index contributed by atoms with van der Waals surface area (Å²) in [6, 6.07) is 16.8. The molecule has 2 heterocycles. The highest BCUT2D eigenvalue weighted by Crippen LogP contribution is 2.34. The van der Waals surface area contributed by atoms with Gasteiger partial charge in [0.25, 0.3) is 5.89 Å². The van der Waals surface area contributed by atoms with E-state index in [-0.39, 0.29) is 12.3 Å². The Morgan fingerprint density at radius 3 is 2.63 bits per heavy atom. The summed E-state index contributed by atoms with van der Waals surface area (Å²) >= 11 is 1.42. The third-order valence-corrected chi connectivity index (χ3v) is 5.31. The van der Waals surface area contributed by atoms with Crippen LogP contribution >= 0.6 is 11.3 Å². The molecular weight excluding hydrogens is 402 g/mol. The molecule has 2 aromatic heterocycles. The number of thiophene rings is 1. The van der Waals surface area contributed by atoms with Crippen molar-refractivity contribution in [1.82, 2.24) is 10.1 Å². The number of rotatable bonds is 7. The number of ether oxygens (including phenoxy) is 2. The minimum Gasteiger partial charge on any atom is -0.493 e. The molecule has 152 valence electrons. The van der Waals surface area contributed by atoms with Crippen LogP contribution in [0.15, 0.2) is 64.5 Å². The zero-order valence-corrected chi connectivity index (χ0v) is 17.2. The molecule has 7 nitrogen and oxygen atoms in total. The molecule has 4 rings (SSSR count). The third-order valence-electron chi connectivity index (χ3n) is 4.40. The topological polar surface area (TPSA) is 86.5 Å². The van der Waals surface area contributed by atoms with Crippen molar-refractivity contribution < 1.29 is 18.8 Å². The Morgan fingerprint density at radius 2 is 1.87 bits per heavy atom.